The van der Waals surface area contributed by atoms with Gasteiger partial charge >= 0.3 is 5.97 Å². The van der Waals surface area contributed by atoms with E-state index in [2.05, 4.69) is 4.98 Å². The van der Waals surface area contributed by atoms with Gasteiger partial charge in [-0.1, -0.05) is 13.0 Å². The molecule has 1 saturated heterocycles. The minimum absolute atomic E-state index is 0.245. The number of ether oxygens (including phenoxy) is 2. The van der Waals surface area contributed by atoms with Crippen molar-refractivity contribution in [2.24, 2.45) is 0 Å². The van der Waals surface area contributed by atoms with Crippen molar-refractivity contribution in [3.05, 3.63) is 30.0 Å². The molecule has 0 spiro atoms. The molecule has 4 atom stereocenters. The standard InChI is InChI=1S/C16H19NO7/c1-2-8-3-4-10-9(5-8)11(6-17-10)23-15(21)13-12(19)14(20)16(22,7-18)24-13/h3-6,12-14,17-20,22H,2,7H2,1H3/t12-,13+,14+,16-/m0/s1. The van der Waals surface area contributed by atoms with Crippen molar-refractivity contribution in [2.45, 2.75) is 37.4 Å². The molecule has 0 aliphatic carbocycles. The van der Waals surface area contributed by atoms with Crippen LogP contribution >= 0.6 is 0 Å². The summed E-state index contributed by atoms with van der Waals surface area (Å²) in [6.07, 6.45) is -2.84. The van der Waals surface area contributed by atoms with Gasteiger partial charge in [-0.3, -0.25) is 0 Å². The SMILES string of the molecule is CCc1ccc2[nH]cc(OC(=O)[C@@H]3O[C@@](O)(CO)[C@H](O)[C@H]3O)c2c1. The average Bonchev–Trinajstić information content (AvgIpc) is 3.09. The third-order valence-electron chi connectivity index (χ3n) is 4.21. The lowest BCUT2D eigenvalue weighted by atomic mass is 10.1. The van der Waals surface area contributed by atoms with Crippen molar-refractivity contribution >= 4 is 16.9 Å². The zero-order valence-corrected chi connectivity index (χ0v) is 13.0. The van der Waals surface area contributed by atoms with E-state index in [1.54, 1.807) is 0 Å². The van der Waals surface area contributed by atoms with E-state index >= 15 is 0 Å². The molecule has 0 amide bonds. The molecule has 0 unspecified atom stereocenters. The van der Waals surface area contributed by atoms with Gasteiger partial charge in [0.25, 0.3) is 0 Å². The quantitative estimate of drug-likeness (QED) is 0.472. The number of aliphatic hydroxyl groups is 4. The number of fused-ring (bicyclic) bond motifs is 1. The predicted octanol–water partition coefficient (Wildman–Crippen LogP) is -0.563. The first-order valence-corrected chi connectivity index (χ1v) is 7.58. The summed E-state index contributed by atoms with van der Waals surface area (Å²) in [5.74, 6) is -3.14. The van der Waals surface area contributed by atoms with Crippen LogP contribution in [0.4, 0.5) is 0 Å². The fourth-order valence-electron chi connectivity index (χ4n) is 2.72. The monoisotopic (exact) mass is 337 g/mol. The Morgan fingerprint density at radius 1 is 1.42 bits per heavy atom. The lowest BCUT2D eigenvalue weighted by Gasteiger charge is -2.22. The number of aromatic nitrogens is 1. The molecule has 5 N–H and O–H groups in total. The first-order chi connectivity index (χ1) is 11.4. The summed E-state index contributed by atoms with van der Waals surface area (Å²) in [7, 11) is 0. The van der Waals surface area contributed by atoms with Crippen LogP contribution in [-0.4, -0.2) is 62.1 Å². The third-order valence-corrected chi connectivity index (χ3v) is 4.21. The lowest BCUT2D eigenvalue weighted by Crippen LogP contribution is -2.46. The minimum Gasteiger partial charge on any atom is -0.422 e. The van der Waals surface area contributed by atoms with Crippen LogP contribution in [0.3, 0.4) is 0 Å². The summed E-state index contributed by atoms with van der Waals surface area (Å²) in [5.41, 5.74) is 1.83. The van der Waals surface area contributed by atoms with Crippen LogP contribution in [-0.2, 0) is 16.0 Å². The summed E-state index contributed by atoms with van der Waals surface area (Å²) < 4.78 is 10.2. The molecule has 3 rings (SSSR count). The van der Waals surface area contributed by atoms with E-state index in [1.165, 1.54) is 6.20 Å². The summed E-state index contributed by atoms with van der Waals surface area (Å²) in [4.78, 5) is 15.2. The van der Waals surface area contributed by atoms with Crippen LogP contribution in [0.2, 0.25) is 0 Å². The highest BCUT2D eigenvalue weighted by Gasteiger charge is 2.56. The zero-order valence-electron chi connectivity index (χ0n) is 13.0. The Labute approximate surface area is 137 Å². The van der Waals surface area contributed by atoms with Crippen molar-refractivity contribution in [2.75, 3.05) is 6.61 Å². The number of nitrogens with one attached hydrogen (secondary N) is 1. The van der Waals surface area contributed by atoms with Gasteiger partial charge in [0.1, 0.15) is 12.2 Å². The van der Waals surface area contributed by atoms with Crippen molar-refractivity contribution < 1.29 is 34.7 Å². The molecule has 24 heavy (non-hydrogen) atoms. The van der Waals surface area contributed by atoms with E-state index in [1.807, 2.05) is 25.1 Å². The molecule has 0 radical (unpaired) electrons. The largest absolute Gasteiger partial charge is 0.422 e. The second-order valence-electron chi connectivity index (χ2n) is 5.78. The summed E-state index contributed by atoms with van der Waals surface area (Å²) in [5, 5.41) is 39.1. The van der Waals surface area contributed by atoms with Gasteiger partial charge in [-0.25, -0.2) is 4.79 Å². The van der Waals surface area contributed by atoms with E-state index < -0.39 is 36.7 Å². The number of benzene rings is 1. The van der Waals surface area contributed by atoms with Crippen LogP contribution in [0, 0.1) is 0 Å². The molecule has 8 nitrogen and oxygen atoms in total. The number of carbonyl (C=O) groups is 1. The van der Waals surface area contributed by atoms with E-state index in [4.69, 9.17) is 14.6 Å². The van der Waals surface area contributed by atoms with Crippen molar-refractivity contribution in [3.8, 4) is 5.75 Å². The molecule has 0 saturated carbocycles. The average molecular weight is 337 g/mol. The molecule has 1 fully saturated rings. The Balaban J connectivity index is 1.83. The maximum Gasteiger partial charge on any atom is 0.343 e. The number of carbonyl (C=O) groups excluding carboxylic acids is 1. The molecule has 130 valence electrons. The summed E-state index contributed by atoms with van der Waals surface area (Å²) in [6.45, 7) is 1.03. The highest BCUT2D eigenvalue weighted by atomic mass is 16.7. The Kier molecular flexibility index (Phi) is 4.33. The molecule has 1 aliphatic heterocycles. The molecule has 8 heteroatoms. The van der Waals surface area contributed by atoms with Crippen LogP contribution in [0.25, 0.3) is 10.9 Å². The molecule has 2 aromatic rings. The van der Waals surface area contributed by atoms with Gasteiger partial charge in [0, 0.05) is 17.1 Å². The zero-order chi connectivity index (χ0) is 17.5. The smallest absolute Gasteiger partial charge is 0.343 e. The van der Waals surface area contributed by atoms with Crippen molar-refractivity contribution in [1.82, 2.24) is 4.98 Å². The second kappa shape index (κ2) is 6.15. The fraction of sp³-hybridized carbons (Fsp3) is 0.438. The molecule has 1 aromatic heterocycles. The van der Waals surface area contributed by atoms with E-state index in [9.17, 15) is 20.1 Å². The molecule has 1 aromatic carbocycles. The topological polar surface area (TPSA) is 132 Å². The number of aryl methyl sites for hydroxylation is 1. The highest BCUT2D eigenvalue weighted by molar-refractivity contribution is 5.90. The van der Waals surface area contributed by atoms with Crippen LogP contribution in [0.1, 0.15) is 12.5 Å². The number of rotatable bonds is 4. The van der Waals surface area contributed by atoms with Crippen LogP contribution in [0.15, 0.2) is 24.4 Å². The van der Waals surface area contributed by atoms with Gasteiger partial charge in [-0.05, 0) is 24.1 Å². The second-order valence-corrected chi connectivity index (χ2v) is 5.78. The molecule has 2 heterocycles. The maximum atomic E-state index is 12.2. The van der Waals surface area contributed by atoms with Gasteiger partial charge in [-0.15, -0.1) is 0 Å². The molecular formula is C16H19NO7. The van der Waals surface area contributed by atoms with Crippen LogP contribution < -0.4 is 4.74 Å². The van der Waals surface area contributed by atoms with Gasteiger partial charge in [0.05, 0.1) is 6.61 Å². The number of H-pyrrole nitrogens is 1. The first kappa shape index (κ1) is 16.9. The number of esters is 1. The Morgan fingerprint density at radius 2 is 2.17 bits per heavy atom. The van der Waals surface area contributed by atoms with Crippen molar-refractivity contribution in [3.63, 3.8) is 0 Å². The Hall–Kier alpha value is -1.97. The van der Waals surface area contributed by atoms with Gasteiger partial charge in [0.2, 0.25) is 5.79 Å². The summed E-state index contributed by atoms with van der Waals surface area (Å²) >= 11 is 0. The number of hydrogen-bond donors (Lipinski definition) is 5. The minimum atomic E-state index is -2.40. The number of aliphatic hydroxyl groups excluding tert-OH is 3. The van der Waals surface area contributed by atoms with Gasteiger partial charge in [0.15, 0.2) is 11.9 Å². The van der Waals surface area contributed by atoms with E-state index in [0.717, 1.165) is 17.5 Å². The molecule has 1 aliphatic rings. The Bertz CT molecular complexity index is 758. The van der Waals surface area contributed by atoms with Crippen LogP contribution in [0.5, 0.6) is 5.75 Å². The van der Waals surface area contributed by atoms with E-state index in [0.29, 0.717) is 5.39 Å². The number of hydrogen-bond acceptors (Lipinski definition) is 7. The maximum absolute atomic E-state index is 12.2. The lowest BCUT2D eigenvalue weighted by molar-refractivity contribution is -0.246. The normalized spacial score (nSPS) is 30.0. The fourth-order valence-corrected chi connectivity index (χ4v) is 2.72. The van der Waals surface area contributed by atoms with Gasteiger partial charge in [-0.2, -0.15) is 0 Å². The molecule has 0 bridgehead atoms. The van der Waals surface area contributed by atoms with E-state index in [-0.39, 0.29) is 5.75 Å². The third kappa shape index (κ3) is 2.68. The predicted molar refractivity (Wildman–Crippen MR) is 82.2 cm³/mol. The first-order valence-electron chi connectivity index (χ1n) is 7.58. The Morgan fingerprint density at radius 3 is 2.79 bits per heavy atom. The summed E-state index contributed by atoms with van der Waals surface area (Å²) in [6, 6.07) is 5.69. The van der Waals surface area contributed by atoms with Gasteiger partial charge < -0.3 is 34.9 Å². The molecular weight excluding hydrogens is 318 g/mol. The number of aromatic amines is 1. The highest BCUT2D eigenvalue weighted by Crippen LogP contribution is 2.32. The van der Waals surface area contributed by atoms with Crippen molar-refractivity contribution in [1.29, 1.82) is 0 Å².